The Morgan fingerprint density at radius 2 is 1.88 bits per heavy atom. The zero-order valence-electron chi connectivity index (χ0n) is 18.4. The summed E-state index contributed by atoms with van der Waals surface area (Å²) in [7, 11) is 0. The molecule has 2 aliphatic heterocycles. The molecule has 2 bridgehead atoms. The lowest BCUT2D eigenvalue weighted by Crippen LogP contribution is -2.65. The number of hydrogen-bond acceptors (Lipinski definition) is 8. The molecule has 2 aromatic rings. The predicted molar refractivity (Wildman–Crippen MR) is 123 cm³/mol. The molecule has 34 heavy (non-hydrogen) atoms. The van der Waals surface area contributed by atoms with Gasteiger partial charge in [0.2, 0.25) is 5.79 Å². The molecule has 2 aliphatic rings. The van der Waals surface area contributed by atoms with Gasteiger partial charge in [-0.2, -0.15) is 0 Å². The Bertz CT molecular complexity index is 1030. The maximum Gasteiger partial charge on any atom is 0.320 e. The van der Waals surface area contributed by atoms with Crippen LogP contribution in [0.1, 0.15) is 23.6 Å². The van der Waals surface area contributed by atoms with Gasteiger partial charge >= 0.3 is 5.97 Å². The number of hydrogen-bond donors (Lipinski definition) is 3. The molecule has 2 aromatic carbocycles. The van der Waals surface area contributed by atoms with Crippen LogP contribution in [0, 0.1) is 0 Å². The SMILES string of the molecule is CCOc1ccc(Cc2cc([C@]34OC[C@](COC(=O)CCl)(O3)[C@@H](O)[C@H](O)[C@H]4O)ccc2Cl)cc1. The normalized spacial score (nSPS) is 30.2. The van der Waals surface area contributed by atoms with Crippen LogP contribution in [0.2, 0.25) is 5.02 Å². The zero-order valence-corrected chi connectivity index (χ0v) is 20.0. The molecule has 8 nitrogen and oxygen atoms in total. The van der Waals surface area contributed by atoms with Gasteiger partial charge in [-0.1, -0.05) is 29.8 Å². The van der Waals surface area contributed by atoms with Crippen LogP contribution in [-0.4, -0.2) is 70.9 Å². The molecule has 0 aromatic heterocycles. The minimum absolute atomic E-state index is 0.227. The van der Waals surface area contributed by atoms with E-state index >= 15 is 0 Å². The molecule has 2 fully saturated rings. The van der Waals surface area contributed by atoms with Gasteiger partial charge in [-0.05, 0) is 48.7 Å². The molecule has 3 N–H and O–H groups in total. The minimum atomic E-state index is -1.79. The Kier molecular flexibility index (Phi) is 7.40. The molecular weight excluding hydrogens is 487 g/mol. The van der Waals surface area contributed by atoms with E-state index in [1.807, 2.05) is 31.2 Å². The van der Waals surface area contributed by atoms with Gasteiger partial charge in [-0.15, -0.1) is 11.6 Å². The number of carbonyl (C=O) groups is 1. The summed E-state index contributed by atoms with van der Waals surface area (Å²) < 4.78 is 22.5. The molecule has 0 aliphatic carbocycles. The van der Waals surface area contributed by atoms with E-state index in [1.165, 1.54) is 0 Å². The van der Waals surface area contributed by atoms with Gasteiger partial charge in [-0.25, -0.2) is 0 Å². The van der Waals surface area contributed by atoms with Crippen LogP contribution < -0.4 is 4.74 Å². The van der Waals surface area contributed by atoms with Crippen molar-refractivity contribution in [2.75, 3.05) is 25.7 Å². The van der Waals surface area contributed by atoms with Crippen molar-refractivity contribution < 1.29 is 39.1 Å². The summed E-state index contributed by atoms with van der Waals surface area (Å²) in [6.07, 6.45) is -4.30. The Balaban J connectivity index is 1.63. The van der Waals surface area contributed by atoms with Crippen LogP contribution in [0.15, 0.2) is 42.5 Å². The molecule has 0 amide bonds. The maximum atomic E-state index is 11.6. The summed E-state index contributed by atoms with van der Waals surface area (Å²) in [5, 5.41) is 32.6. The van der Waals surface area contributed by atoms with E-state index in [1.54, 1.807) is 18.2 Å². The fraction of sp³-hybridized carbons (Fsp3) is 0.458. The highest BCUT2D eigenvalue weighted by molar-refractivity contribution is 6.31. The fourth-order valence-electron chi connectivity index (χ4n) is 4.32. The maximum absolute atomic E-state index is 11.6. The third-order valence-corrected chi connectivity index (χ3v) is 6.71. The van der Waals surface area contributed by atoms with Crippen LogP contribution in [0.25, 0.3) is 0 Å². The quantitative estimate of drug-likeness (QED) is 0.364. The average molecular weight is 513 g/mol. The van der Waals surface area contributed by atoms with Crippen LogP contribution in [0.3, 0.4) is 0 Å². The van der Waals surface area contributed by atoms with Gasteiger partial charge in [0.15, 0.2) is 5.60 Å². The van der Waals surface area contributed by atoms with Gasteiger partial charge in [0.05, 0.1) is 13.2 Å². The largest absolute Gasteiger partial charge is 0.494 e. The lowest BCUT2D eigenvalue weighted by Gasteiger charge is -2.46. The summed E-state index contributed by atoms with van der Waals surface area (Å²) in [6.45, 7) is 1.86. The van der Waals surface area contributed by atoms with Gasteiger partial charge in [0, 0.05) is 10.6 Å². The summed E-state index contributed by atoms with van der Waals surface area (Å²) in [5.74, 6) is -2.12. The Morgan fingerprint density at radius 3 is 2.56 bits per heavy atom. The number of halogens is 2. The molecule has 0 spiro atoms. The Hall–Kier alpha value is -1.91. The van der Waals surface area contributed by atoms with E-state index in [9.17, 15) is 20.1 Å². The van der Waals surface area contributed by atoms with Crippen molar-refractivity contribution in [3.63, 3.8) is 0 Å². The van der Waals surface area contributed by atoms with Gasteiger partial charge in [0.1, 0.15) is 36.5 Å². The molecule has 0 radical (unpaired) electrons. The standard InChI is InChI=1S/C24H26Cl2O8/c1-2-31-17-6-3-14(4-7-17)9-15-10-16(5-8-18(15)26)24-22(30)20(28)21(29)23(34-24,13-33-24)12-32-19(27)11-25/h3-8,10,20-22,28-30H,2,9,11-13H2,1H3/t20-,21-,22+,23-,24-/m0/s1. The van der Waals surface area contributed by atoms with Crippen LogP contribution in [0.5, 0.6) is 5.75 Å². The molecule has 4 rings (SSSR count). The highest BCUT2D eigenvalue weighted by Crippen LogP contribution is 2.50. The van der Waals surface area contributed by atoms with Crippen molar-refractivity contribution in [2.45, 2.75) is 43.0 Å². The highest BCUT2D eigenvalue weighted by atomic mass is 35.5. The minimum Gasteiger partial charge on any atom is -0.494 e. The summed E-state index contributed by atoms with van der Waals surface area (Å²) in [4.78, 5) is 11.6. The van der Waals surface area contributed by atoms with E-state index < -0.39 is 42.3 Å². The Labute approximate surface area is 206 Å². The van der Waals surface area contributed by atoms with Crippen molar-refractivity contribution in [3.8, 4) is 5.75 Å². The first-order valence-electron chi connectivity index (χ1n) is 10.8. The molecule has 2 saturated heterocycles. The smallest absolute Gasteiger partial charge is 0.320 e. The third-order valence-electron chi connectivity index (χ3n) is 6.12. The molecule has 0 unspecified atom stereocenters. The topological polar surface area (TPSA) is 115 Å². The number of ether oxygens (including phenoxy) is 4. The Morgan fingerprint density at radius 1 is 1.15 bits per heavy atom. The molecule has 0 saturated carbocycles. The summed E-state index contributed by atoms with van der Waals surface area (Å²) in [6, 6.07) is 12.6. The second-order valence-corrected chi connectivity index (χ2v) is 9.03. The van der Waals surface area contributed by atoms with Crippen LogP contribution in [-0.2, 0) is 31.2 Å². The molecule has 184 valence electrons. The average Bonchev–Trinajstić information content (AvgIpc) is 3.22. The second kappa shape index (κ2) is 9.99. The van der Waals surface area contributed by atoms with E-state index in [0.29, 0.717) is 23.6 Å². The number of carbonyl (C=O) groups excluding carboxylic acids is 1. The van der Waals surface area contributed by atoms with Gasteiger partial charge in [-0.3, -0.25) is 4.79 Å². The second-order valence-electron chi connectivity index (χ2n) is 8.36. The van der Waals surface area contributed by atoms with Crippen molar-refractivity contribution in [1.29, 1.82) is 0 Å². The van der Waals surface area contributed by atoms with Gasteiger partial charge in [0.25, 0.3) is 0 Å². The van der Waals surface area contributed by atoms with E-state index in [2.05, 4.69) is 0 Å². The number of alkyl halides is 1. The fourth-order valence-corrected chi connectivity index (χ4v) is 4.58. The lowest BCUT2D eigenvalue weighted by atomic mass is 9.83. The third kappa shape index (κ3) is 4.52. The van der Waals surface area contributed by atoms with Crippen molar-refractivity contribution in [1.82, 2.24) is 0 Å². The van der Waals surface area contributed by atoms with Crippen molar-refractivity contribution in [2.24, 2.45) is 0 Å². The van der Waals surface area contributed by atoms with E-state index in [4.69, 9.17) is 42.1 Å². The number of aliphatic hydroxyl groups is 3. The number of benzene rings is 2. The number of fused-ring (bicyclic) bond motifs is 2. The number of aliphatic hydroxyl groups excluding tert-OH is 3. The summed E-state index contributed by atoms with van der Waals surface area (Å²) in [5.41, 5.74) is 0.552. The van der Waals surface area contributed by atoms with Crippen molar-refractivity contribution in [3.05, 3.63) is 64.2 Å². The summed E-state index contributed by atoms with van der Waals surface area (Å²) >= 11 is 11.9. The first-order chi connectivity index (χ1) is 16.2. The molecular formula is C24H26Cl2O8. The highest BCUT2D eigenvalue weighted by Gasteiger charge is 2.67. The number of esters is 1. The predicted octanol–water partition coefficient (Wildman–Crippen LogP) is 2.15. The first kappa shape index (κ1) is 25.2. The van der Waals surface area contributed by atoms with Gasteiger partial charge < -0.3 is 34.3 Å². The molecule has 5 atom stereocenters. The monoisotopic (exact) mass is 512 g/mol. The van der Waals surface area contributed by atoms with E-state index in [-0.39, 0.29) is 12.5 Å². The lowest BCUT2D eigenvalue weighted by molar-refractivity contribution is -0.329. The van der Waals surface area contributed by atoms with E-state index in [0.717, 1.165) is 16.9 Å². The molecule has 10 heteroatoms. The number of rotatable bonds is 8. The zero-order chi connectivity index (χ0) is 24.5. The first-order valence-corrected chi connectivity index (χ1v) is 11.8. The van der Waals surface area contributed by atoms with Crippen molar-refractivity contribution >= 4 is 29.2 Å². The van der Waals surface area contributed by atoms with Crippen LogP contribution in [0.4, 0.5) is 0 Å². The van der Waals surface area contributed by atoms with Crippen LogP contribution >= 0.6 is 23.2 Å². The molecule has 2 heterocycles.